The van der Waals surface area contributed by atoms with Gasteiger partial charge in [-0.15, -0.1) is 0 Å². The van der Waals surface area contributed by atoms with Gasteiger partial charge in [-0.3, -0.25) is 9.78 Å². The predicted octanol–water partition coefficient (Wildman–Crippen LogP) is 3.51. The summed E-state index contributed by atoms with van der Waals surface area (Å²) in [5.74, 6) is 1.48. The maximum absolute atomic E-state index is 12.7. The lowest BCUT2D eigenvalue weighted by Crippen LogP contribution is -2.43. The van der Waals surface area contributed by atoms with Crippen LogP contribution in [0.4, 0.5) is 0 Å². The molecule has 1 aliphatic heterocycles. The number of nitrogens with zero attached hydrogens (tertiary/aromatic N) is 3. The van der Waals surface area contributed by atoms with Gasteiger partial charge in [0.1, 0.15) is 11.4 Å². The molecule has 1 amide bonds. The Morgan fingerprint density at radius 2 is 2.18 bits per heavy atom. The van der Waals surface area contributed by atoms with Crippen molar-refractivity contribution in [2.75, 3.05) is 39.8 Å². The standard InChI is InChI=1S/C23H31N3O2/c1-3-26(23(27)22-11-4-5-13-24-22)18-20-9-7-14-25(17-20)15-12-19-8-6-10-21(16-19)28-2/h4-6,8,10-11,13,16,20H,3,7,9,12,14-15,17-18H2,1-2H3/t20-/m0/s1. The van der Waals surface area contributed by atoms with E-state index >= 15 is 0 Å². The first-order valence-corrected chi connectivity index (χ1v) is 10.2. The number of hydrogen-bond acceptors (Lipinski definition) is 4. The maximum Gasteiger partial charge on any atom is 0.272 e. The molecule has 1 aliphatic rings. The Morgan fingerprint density at radius 1 is 1.29 bits per heavy atom. The quantitative estimate of drug-likeness (QED) is 0.702. The third-order valence-electron chi connectivity index (χ3n) is 5.49. The van der Waals surface area contributed by atoms with Gasteiger partial charge >= 0.3 is 0 Å². The van der Waals surface area contributed by atoms with E-state index in [1.165, 1.54) is 18.4 Å². The first-order chi connectivity index (χ1) is 13.7. The molecule has 2 aromatic rings. The molecule has 1 saturated heterocycles. The van der Waals surface area contributed by atoms with Crippen molar-refractivity contribution in [3.63, 3.8) is 0 Å². The number of likely N-dealkylation sites (tertiary alicyclic amines) is 1. The zero-order chi connectivity index (χ0) is 19.8. The maximum atomic E-state index is 12.7. The predicted molar refractivity (Wildman–Crippen MR) is 112 cm³/mol. The summed E-state index contributed by atoms with van der Waals surface area (Å²) < 4.78 is 5.32. The molecule has 1 atom stereocenters. The van der Waals surface area contributed by atoms with Gasteiger partial charge in [-0.25, -0.2) is 0 Å². The molecule has 0 bridgehead atoms. The molecule has 28 heavy (non-hydrogen) atoms. The minimum absolute atomic E-state index is 0.0385. The van der Waals surface area contributed by atoms with Crippen molar-refractivity contribution < 1.29 is 9.53 Å². The first kappa shape index (κ1) is 20.3. The highest BCUT2D eigenvalue weighted by atomic mass is 16.5. The molecule has 2 heterocycles. The Hall–Kier alpha value is -2.40. The van der Waals surface area contributed by atoms with Crippen LogP contribution in [0.5, 0.6) is 5.75 Å². The van der Waals surface area contributed by atoms with Crippen molar-refractivity contribution in [1.82, 2.24) is 14.8 Å². The van der Waals surface area contributed by atoms with Gasteiger partial charge in [-0.05, 0) is 68.5 Å². The van der Waals surface area contributed by atoms with Crippen LogP contribution in [0.15, 0.2) is 48.7 Å². The number of carbonyl (C=O) groups excluding carboxylic acids is 1. The number of rotatable bonds is 8. The van der Waals surface area contributed by atoms with E-state index in [0.29, 0.717) is 11.6 Å². The van der Waals surface area contributed by atoms with Crippen LogP contribution in [0, 0.1) is 5.92 Å². The molecular weight excluding hydrogens is 350 g/mol. The number of benzene rings is 1. The smallest absolute Gasteiger partial charge is 0.272 e. The zero-order valence-electron chi connectivity index (χ0n) is 17.0. The van der Waals surface area contributed by atoms with Crippen LogP contribution in [0.2, 0.25) is 0 Å². The van der Waals surface area contributed by atoms with Crippen molar-refractivity contribution >= 4 is 5.91 Å². The van der Waals surface area contributed by atoms with E-state index in [1.807, 2.05) is 30.0 Å². The fourth-order valence-corrected chi connectivity index (χ4v) is 3.94. The largest absolute Gasteiger partial charge is 0.497 e. The molecule has 0 N–H and O–H groups in total. The van der Waals surface area contributed by atoms with Crippen LogP contribution >= 0.6 is 0 Å². The Kier molecular flexibility index (Phi) is 7.43. The zero-order valence-corrected chi connectivity index (χ0v) is 17.0. The molecule has 0 unspecified atom stereocenters. The molecule has 0 spiro atoms. The van der Waals surface area contributed by atoms with Gasteiger partial charge < -0.3 is 14.5 Å². The highest BCUT2D eigenvalue weighted by Gasteiger charge is 2.24. The van der Waals surface area contributed by atoms with E-state index in [0.717, 1.165) is 44.9 Å². The van der Waals surface area contributed by atoms with Gasteiger partial charge in [0.25, 0.3) is 5.91 Å². The summed E-state index contributed by atoms with van der Waals surface area (Å²) in [5, 5.41) is 0. The van der Waals surface area contributed by atoms with Crippen molar-refractivity contribution in [2.24, 2.45) is 5.92 Å². The summed E-state index contributed by atoms with van der Waals surface area (Å²) in [4.78, 5) is 21.4. The van der Waals surface area contributed by atoms with Crippen molar-refractivity contribution in [3.8, 4) is 5.75 Å². The van der Waals surface area contributed by atoms with Crippen LogP contribution in [0.3, 0.4) is 0 Å². The van der Waals surface area contributed by atoms with Gasteiger partial charge in [-0.1, -0.05) is 18.2 Å². The van der Waals surface area contributed by atoms with Gasteiger partial charge in [0, 0.05) is 32.4 Å². The van der Waals surface area contributed by atoms with Gasteiger partial charge in [0.05, 0.1) is 7.11 Å². The summed E-state index contributed by atoms with van der Waals surface area (Å²) in [6.45, 7) is 6.81. The molecule has 5 nitrogen and oxygen atoms in total. The van der Waals surface area contributed by atoms with E-state index in [1.54, 1.807) is 19.4 Å². The summed E-state index contributed by atoms with van der Waals surface area (Å²) in [6.07, 6.45) is 5.08. The highest BCUT2D eigenvalue weighted by molar-refractivity contribution is 5.92. The van der Waals surface area contributed by atoms with E-state index in [-0.39, 0.29) is 5.91 Å². The van der Waals surface area contributed by atoms with Crippen molar-refractivity contribution in [1.29, 1.82) is 0 Å². The molecule has 1 aromatic heterocycles. The normalized spacial score (nSPS) is 17.3. The number of hydrogen-bond donors (Lipinski definition) is 0. The van der Waals surface area contributed by atoms with Gasteiger partial charge in [0.2, 0.25) is 0 Å². The molecule has 3 rings (SSSR count). The monoisotopic (exact) mass is 381 g/mol. The second-order valence-electron chi connectivity index (χ2n) is 7.47. The van der Waals surface area contributed by atoms with Crippen LogP contribution in [0.1, 0.15) is 35.8 Å². The third-order valence-corrected chi connectivity index (χ3v) is 5.49. The number of amides is 1. The minimum atomic E-state index is 0.0385. The summed E-state index contributed by atoms with van der Waals surface area (Å²) in [6, 6.07) is 13.8. The second-order valence-corrected chi connectivity index (χ2v) is 7.47. The fourth-order valence-electron chi connectivity index (χ4n) is 3.94. The third kappa shape index (κ3) is 5.55. The molecule has 1 fully saturated rings. The molecule has 0 aliphatic carbocycles. The van der Waals surface area contributed by atoms with E-state index in [9.17, 15) is 4.79 Å². The van der Waals surface area contributed by atoms with E-state index < -0.39 is 0 Å². The van der Waals surface area contributed by atoms with Crippen LogP contribution in [-0.2, 0) is 6.42 Å². The first-order valence-electron chi connectivity index (χ1n) is 10.2. The van der Waals surface area contributed by atoms with Crippen LogP contribution in [0.25, 0.3) is 0 Å². The lowest BCUT2D eigenvalue weighted by Gasteiger charge is -2.35. The topological polar surface area (TPSA) is 45.7 Å². The average Bonchev–Trinajstić information content (AvgIpc) is 2.76. The van der Waals surface area contributed by atoms with Crippen LogP contribution < -0.4 is 4.74 Å². The molecule has 150 valence electrons. The lowest BCUT2D eigenvalue weighted by atomic mass is 9.96. The summed E-state index contributed by atoms with van der Waals surface area (Å²) in [5.41, 5.74) is 1.84. The fraction of sp³-hybridized carbons (Fsp3) is 0.478. The van der Waals surface area contributed by atoms with Gasteiger partial charge in [-0.2, -0.15) is 0 Å². The minimum Gasteiger partial charge on any atom is -0.497 e. The number of ether oxygens (including phenoxy) is 1. The van der Waals surface area contributed by atoms with E-state index in [4.69, 9.17) is 4.74 Å². The van der Waals surface area contributed by atoms with Gasteiger partial charge in [0.15, 0.2) is 0 Å². The van der Waals surface area contributed by atoms with Crippen molar-refractivity contribution in [3.05, 3.63) is 59.9 Å². The van der Waals surface area contributed by atoms with Crippen molar-refractivity contribution in [2.45, 2.75) is 26.2 Å². The highest BCUT2D eigenvalue weighted by Crippen LogP contribution is 2.20. The Balaban J connectivity index is 1.52. The summed E-state index contributed by atoms with van der Waals surface area (Å²) >= 11 is 0. The molecule has 5 heteroatoms. The van der Waals surface area contributed by atoms with E-state index in [2.05, 4.69) is 28.1 Å². The molecule has 0 radical (unpaired) electrons. The average molecular weight is 382 g/mol. The molecular formula is C23H31N3O2. The number of methoxy groups -OCH3 is 1. The number of carbonyl (C=O) groups is 1. The number of pyridine rings is 1. The SMILES string of the molecule is CCN(C[C@H]1CCCN(CCc2cccc(OC)c2)C1)C(=O)c1ccccn1. The van der Waals surface area contributed by atoms with Crippen LogP contribution in [-0.4, -0.2) is 60.5 Å². The lowest BCUT2D eigenvalue weighted by molar-refractivity contribution is 0.0685. The summed E-state index contributed by atoms with van der Waals surface area (Å²) in [7, 11) is 1.71. The Labute approximate surface area is 168 Å². The number of piperidine rings is 1. The number of aromatic nitrogens is 1. The second kappa shape index (κ2) is 10.2. The Bertz CT molecular complexity index is 751. The Morgan fingerprint density at radius 3 is 2.93 bits per heavy atom. The molecule has 1 aromatic carbocycles. The molecule has 0 saturated carbocycles.